The maximum atomic E-state index is 11.9. The number of hydrazine groups is 1. The third-order valence-corrected chi connectivity index (χ3v) is 2.59. The molecule has 1 heterocycles. The van der Waals surface area contributed by atoms with Gasteiger partial charge in [-0.1, -0.05) is 0 Å². The van der Waals surface area contributed by atoms with Crippen LogP contribution in [0.3, 0.4) is 0 Å². The van der Waals surface area contributed by atoms with Crippen molar-refractivity contribution < 1.29 is 4.79 Å². The Morgan fingerprint density at radius 2 is 2.31 bits per heavy atom. The van der Waals surface area contributed by atoms with Gasteiger partial charge in [0.05, 0.1) is 12.4 Å². The number of carbonyl (C=O) groups is 1. The van der Waals surface area contributed by atoms with Crippen molar-refractivity contribution in [1.29, 1.82) is 0 Å². The zero-order valence-electron chi connectivity index (χ0n) is 9.18. The van der Waals surface area contributed by atoms with Crippen LogP contribution in [0.4, 0.5) is 5.82 Å². The summed E-state index contributed by atoms with van der Waals surface area (Å²) in [6, 6.07) is 0. The SMILES string of the molecule is CN(CC1CC1)C(=O)c1cnc(NN)cn1. The number of anilines is 1. The van der Waals surface area contributed by atoms with Gasteiger partial charge in [-0.15, -0.1) is 0 Å². The fraction of sp³-hybridized carbons (Fsp3) is 0.500. The van der Waals surface area contributed by atoms with Gasteiger partial charge in [-0.3, -0.25) is 4.79 Å². The molecule has 0 atom stereocenters. The van der Waals surface area contributed by atoms with Crippen molar-refractivity contribution in [3.63, 3.8) is 0 Å². The Balaban J connectivity index is 2.00. The molecule has 6 heteroatoms. The van der Waals surface area contributed by atoms with E-state index < -0.39 is 0 Å². The van der Waals surface area contributed by atoms with E-state index >= 15 is 0 Å². The van der Waals surface area contributed by atoms with Gasteiger partial charge in [-0.25, -0.2) is 15.8 Å². The smallest absolute Gasteiger partial charge is 0.273 e. The Morgan fingerprint density at radius 1 is 1.56 bits per heavy atom. The third-order valence-electron chi connectivity index (χ3n) is 2.59. The van der Waals surface area contributed by atoms with Crippen LogP contribution < -0.4 is 11.3 Å². The number of hydrogen-bond acceptors (Lipinski definition) is 5. The largest absolute Gasteiger partial charge is 0.340 e. The van der Waals surface area contributed by atoms with E-state index in [0.717, 1.165) is 6.54 Å². The van der Waals surface area contributed by atoms with Gasteiger partial charge in [0.15, 0.2) is 5.82 Å². The Labute approximate surface area is 93.8 Å². The molecule has 0 bridgehead atoms. The van der Waals surface area contributed by atoms with E-state index in [2.05, 4.69) is 15.4 Å². The Bertz CT molecular complexity index is 373. The van der Waals surface area contributed by atoms with Gasteiger partial charge in [-0.05, 0) is 18.8 Å². The Kier molecular flexibility index (Phi) is 3.00. The fourth-order valence-corrected chi connectivity index (χ4v) is 1.48. The summed E-state index contributed by atoms with van der Waals surface area (Å²) in [4.78, 5) is 21.5. The summed E-state index contributed by atoms with van der Waals surface area (Å²) in [6.07, 6.45) is 5.32. The van der Waals surface area contributed by atoms with Gasteiger partial charge < -0.3 is 10.3 Å². The fourth-order valence-electron chi connectivity index (χ4n) is 1.48. The van der Waals surface area contributed by atoms with Crippen LogP contribution in [-0.4, -0.2) is 34.4 Å². The number of aromatic nitrogens is 2. The number of rotatable bonds is 4. The van der Waals surface area contributed by atoms with Gasteiger partial charge in [0.2, 0.25) is 0 Å². The molecule has 1 fully saturated rings. The van der Waals surface area contributed by atoms with Crippen molar-refractivity contribution in [3.8, 4) is 0 Å². The third kappa shape index (κ3) is 2.46. The van der Waals surface area contributed by atoms with Crippen LogP contribution in [0.2, 0.25) is 0 Å². The second-order valence-corrected chi connectivity index (χ2v) is 4.06. The predicted molar refractivity (Wildman–Crippen MR) is 59.5 cm³/mol. The molecule has 86 valence electrons. The molecule has 0 aromatic carbocycles. The van der Waals surface area contributed by atoms with Crippen LogP contribution in [0.25, 0.3) is 0 Å². The van der Waals surface area contributed by atoms with E-state index in [-0.39, 0.29) is 5.91 Å². The molecule has 0 radical (unpaired) electrons. The maximum Gasteiger partial charge on any atom is 0.273 e. The minimum Gasteiger partial charge on any atom is -0.340 e. The standard InChI is InChI=1S/C10H15N5O/c1-15(6-7-2-3-7)10(16)8-4-13-9(14-11)5-12-8/h4-5,7H,2-3,6,11H2,1H3,(H,13,14). The van der Waals surface area contributed by atoms with Crippen LogP contribution in [0.1, 0.15) is 23.3 Å². The van der Waals surface area contributed by atoms with Crippen molar-refractivity contribution in [1.82, 2.24) is 14.9 Å². The highest BCUT2D eigenvalue weighted by atomic mass is 16.2. The van der Waals surface area contributed by atoms with E-state index in [1.54, 1.807) is 11.9 Å². The summed E-state index contributed by atoms with van der Waals surface area (Å²) >= 11 is 0. The molecular formula is C10H15N5O. The summed E-state index contributed by atoms with van der Waals surface area (Å²) in [6.45, 7) is 0.803. The van der Waals surface area contributed by atoms with Crippen LogP contribution in [-0.2, 0) is 0 Å². The average molecular weight is 221 g/mol. The second kappa shape index (κ2) is 4.44. The first-order chi connectivity index (χ1) is 7.70. The number of nitrogens with two attached hydrogens (primary N) is 1. The molecule has 1 saturated carbocycles. The molecule has 2 rings (SSSR count). The zero-order chi connectivity index (χ0) is 11.5. The molecule has 0 aliphatic heterocycles. The molecule has 0 saturated heterocycles. The Morgan fingerprint density at radius 3 is 2.81 bits per heavy atom. The molecular weight excluding hydrogens is 206 g/mol. The number of nitrogen functional groups attached to an aromatic ring is 1. The number of hydrogen-bond donors (Lipinski definition) is 2. The Hall–Kier alpha value is -1.69. The van der Waals surface area contributed by atoms with Gasteiger partial charge >= 0.3 is 0 Å². The highest BCUT2D eigenvalue weighted by molar-refractivity contribution is 5.91. The van der Waals surface area contributed by atoms with Crippen LogP contribution >= 0.6 is 0 Å². The lowest BCUT2D eigenvalue weighted by atomic mass is 10.3. The summed E-state index contributed by atoms with van der Waals surface area (Å²) in [5, 5.41) is 0. The normalized spacial score (nSPS) is 14.6. The molecule has 1 aromatic heterocycles. The first kappa shape index (κ1) is 10.8. The van der Waals surface area contributed by atoms with Crippen molar-refractivity contribution in [3.05, 3.63) is 18.1 Å². The minimum absolute atomic E-state index is 0.0945. The number of nitrogens with one attached hydrogen (secondary N) is 1. The second-order valence-electron chi connectivity index (χ2n) is 4.06. The maximum absolute atomic E-state index is 11.9. The average Bonchev–Trinajstić information content (AvgIpc) is 3.12. The number of nitrogens with zero attached hydrogens (tertiary/aromatic N) is 3. The van der Waals surface area contributed by atoms with Crippen LogP contribution in [0.5, 0.6) is 0 Å². The predicted octanol–water partition coefficient (Wildman–Crippen LogP) is 0.244. The summed E-state index contributed by atoms with van der Waals surface area (Å²) in [5.74, 6) is 6.19. The van der Waals surface area contributed by atoms with Gasteiger partial charge in [0.25, 0.3) is 5.91 Å². The molecule has 3 N–H and O–H groups in total. The van der Waals surface area contributed by atoms with Crippen molar-refractivity contribution >= 4 is 11.7 Å². The van der Waals surface area contributed by atoms with E-state index in [1.165, 1.54) is 25.2 Å². The molecule has 1 aliphatic rings. The van der Waals surface area contributed by atoms with Gasteiger partial charge in [0.1, 0.15) is 5.69 Å². The van der Waals surface area contributed by atoms with Crippen molar-refractivity contribution in [2.45, 2.75) is 12.8 Å². The number of amides is 1. The van der Waals surface area contributed by atoms with Crippen molar-refractivity contribution in [2.75, 3.05) is 19.0 Å². The van der Waals surface area contributed by atoms with E-state index in [4.69, 9.17) is 5.84 Å². The highest BCUT2D eigenvalue weighted by Crippen LogP contribution is 2.29. The molecule has 1 aliphatic carbocycles. The molecule has 1 amide bonds. The van der Waals surface area contributed by atoms with Gasteiger partial charge in [0, 0.05) is 13.6 Å². The van der Waals surface area contributed by atoms with Gasteiger partial charge in [-0.2, -0.15) is 0 Å². The van der Waals surface area contributed by atoms with Crippen LogP contribution in [0, 0.1) is 5.92 Å². The van der Waals surface area contributed by atoms with E-state index in [0.29, 0.717) is 17.4 Å². The monoisotopic (exact) mass is 221 g/mol. The van der Waals surface area contributed by atoms with Crippen molar-refractivity contribution in [2.24, 2.45) is 11.8 Å². The lowest BCUT2D eigenvalue weighted by Gasteiger charge is -2.15. The lowest BCUT2D eigenvalue weighted by Crippen LogP contribution is -2.29. The first-order valence-corrected chi connectivity index (χ1v) is 5.25. The number of carbonyl (C=O) groups excluding carboxylic acids is 1. The molecule has 1 aromatic rings. The summed E-state index contributed by atoms with van der Waals surface area (Å²) in [5.41, 5.74) is 2.72. The van der Waals surface area contributed by atoms with Crippen LogP contribution in [0.15, 0.2) is 12.4 Å². The zero-order valence-corrected chi connectivity index (χ0v) is 9.18. The molecule has 0 spiro atoms. The summed E-state index contributed by atoms with van der Waals surface area (Å²) in [7, 11) is 1.79. The quantitative estimate of drug-likeness (QED) is 0.562. The molecule has 16 heavy (non-hydrogen) atoms. The summed E-state index contributed by atoms with van der Waals surface area (Å²) < 4.78 is 0. The lowest BCUT2D eigenvalue weighted by molar-refractivity contribution is 0.0782. The van der Waals surface area contributed by atoms with E-state index in [9.17, 15) is 4.79 Å². The topological polar surface area (TPSA) is 84.1 Å². The molecule has 0 unspecified atom stereocenters. The van der Waals surface area contributed by atoms with E-state index in [1.807, 2.05) is 0 Å². The first-order valence-electron chi connectivity index (χ1n) is 5.25. The minimum atomic E-state index is -0.0945. The highest BCUT2D eigenvalue weighted by Gasteiger charge is 2.25. The molecule has 6 nitrogen and oxygen atoms in total.